The number of hydrogen-bond acceptors (Lipinski definition) is 3. The van der Waals surface area contributed by atoms with Crippen molar-refractivity contribution in [3.8, 4) is 0 Å². The van der Waals surface area contributed by atoms with Crippen molar-refractivity contribution < 1.29 is 14.3 Å². The molecular formula is C18H25NO3. The lowest BCUT2D eigenvalue weighted by molar-refractivity contribution is 0.0917. The number of aliphatic hydroxyl groups excluding tert-OH is 1. The van der Waals surface area contributed by atoms with Gasteiger partial charge < -0.3 is 14.8 Å². The Balaban J connectivity index is 2.06. The summed E-state index contributed by atoms with van der Waals surface area (Å²) < 4.78 is 5.66. The van der Waals surface area contributed by atoms with Gasteiger partial charge in [-0.1, -0.05) is 13.3 Å². The highest BCUT2D eigenvalue weighted by molar-refractivity contribution is 5.96. The molecule has 0 saturated heterocycles. The van der Waals surface area contributed by atoms with Gasteiger partial charge in [0.25, 0.3) is 5.91 Å². The largest absolute Gasteiger partial charge is 0.451 e. The number of hydrogen-bond donors (Lipinski definition) is 2. The minimum atomic E-state index is -0.189. The molecule has 0 radical (unpaired) electrons. The molecule has 2 N–H and O–H groups in total. The van der Waals surface area contributed by atoms with Crippen LogP contribution in [-0.2, 0) is 0 Å². The number of benzene rings is 1. The van der Waals surface area contributed by atoms with Crippen molar-refractivity contribution in [2.45, 2.75) is 40.0 Å². The molecule has 2 rings (SSSR count). The minimum Gasteiger partial charge on any atom is -0.451 e. The van der Waals surface area contributed by atoms with Crippen LogP contribution in [0.4, 0.5) is 0 Å². The summed E-state index contributed by atoms with van der Waals surface area (Å²) in [5.41, 5.74) is 3.08. The zero-order valence-electron chi connectivity index (χ0n) is 13.6. The maximum Gasteiger partial charge on any atom is 0.287 e. The lowest BCUT2D eigenvalue weighted by Crippen LogP contribution is -2.29. The molecule has 1 aromatic carbocycles. The quantitative estimate of drug-likeness (QED) is 0.822. The minimum absolute atomic E-state index is 0.156. The molecule has 4 heteroatoms. The van der Waals surface area contributed by atoms with E-state index in [0.29, 0.717) is 24.6 Å². The Kier molecular flexibility index (Phi) is 5.61. The molecule has 0 spiro atoms. The third kappa shape index (κ3) is 3.89. The summed E-state index contributed by atoms with van der Waals surface area (Å²) in [6.45, 7) is 6.91. The fourth-order valence-corrected chi connectivity index (χ4v) is 2.68. The van der Waals surface area contributed by atoms with Gasteiger partial charge in [-0.15, -0.1) is 0 Å². The van der Waals surface area contributed by atoms with Gasteiger partial charge in [0.05, 0.1) is 0 Å². The first-order valence-electron chi connectivity index (χ1n) is 7.95. The molecule has 120 valence electrons. The van der Waals surface area contributed by atoms with Gasteiger partial charge in [-0.3, -0.25) is 4.79 Å². The molecular weight excluding hydrogens is 278 g/mol. The van der Waals surface area contributed by atoms with Crippen LogP contribution in [0.5, 0.6) is 0 Å². The van der Waals surface area contributed by atoms with Crippen LogP contribution >= 0.6 is 0 Å². The van der Waals surface area contributed by atoms with Crippen LogP contribution in [0, 0.1) is 19.8 Å². The second-order valence-corrected chi connectivity index (χ2v) is 5.96. The molecule has 0 aliphatic rings. The molecule has 0 aliphatic carbocycles. The normalized spacial score (nSPS) is 12.5. The number of fused-ring (bicyclic) bond motifs is 1. The Morgan fingerprint density at radius 1 is 1.23 bits per heavy atom. The van der Waals surface area contributed by atoms with Crippen LogP contribution in [0.2, 0.25) is 0 Å². The average molecular weight is 303 g/mol. The van der Waals surface area contributed by atoms with Crippen molar-refractivity contribution in [1.82, 2.24) is 5.32 Å². The van der Waals surface area contributed by atoms with Crippen molar-refractivity contribution in [1.29, 1.82) is 0 Å². The van der Waals surface area contributed by atoms with Gasteiger partial charge in [0.15, 0.2) is 5.76 Å². The van der Waals surface area contributed by atoms with E-state index in [4.69, 9.17) is 9.52 Å². The molecule has 1 amide bonds. The van der Waals surface area contributed by atoms with Gasteiger partial charge in [-0.2, -0.15) is 0 Å². The van der Waals surface area contributed by atoms with Crippen molar-refractivity contribution in [2.75, 3.05) is 13.2 Å². The number of aryl methyl sites for hydroxylation is 2. The zero-order chi connectivity index (χ0) is 16.1. The molecule has 1 aromatic heterocycles. The van der Waals surface area contributed by atoms with E-state index in [1.54, 1.807) is 6.07 Å². The van der Waals surface area contributed by atoms with E-state index in [9.17, 15) is 4.79 Å². The number of carbonyl (C=O) groups is 1. The molecule has 4 nitrogen and oxygen atoms in total. The molecule has 0 aliphatic heterocycles. The van der Waals surface area contributed by atoms with Crippen molar-refractivity contribution in [3.05, 3.63) is 35.1 Å². The van der Waals surface area contributed by atoms with Gasteiger partial charge in [0, 0.05) is 18.5 Å². The first-order chi connectivity index (χ1) is 10.5. The van der Waals surface area contributed by atoms with E-state index in [1.807, 2.05) is 26.0 Å². The molecule has 22 heavy (non-hydrogen) atoms. The standard InChI is InChI=1S/C18H25NO3/c1-4-5-14(6-7-20)11-19-18(21)17-10-15-8-12(2)13(3)9-16(15)22-17/h8-10,14,20H,4-7,11H2,1-3H3,(H,19,21). The van der Waals surface area contributed by atoms with Crippen LogP contribution in [-0.4, -0.2) is 24.2 Å². The molecule has 0 fully saturated rings. The summed E-state index contributed by atoms with van der Waals surface area (Å²) >= 11 is 0. The Morgan fingerprint density at radius 2 is 1.95 bits per heavy atom. The summed E-state index contributed by atoms with van der Waals surface area (Å²) in [6, 6.07) is 5.79. The predicted octanol–water partition coefficient (Wildman–Crippen LogP) is 3.58. The van der Waals surface area contributed by atoms with Gasteiger partial charge in [0.2, 0.25) is 0 Å². The Labute approximate surface area is 131 Å². The zero-order valence-corrected chi connectivity index (χ0v) is 13.6. The summed E-state index contributed by atoms with van der Waals surface area (Å²) in [5, 5.41) is 12.9. The van der Waals surface area contributed by atoms with E-state index < -0.39 is 0 Å². The van der Waals surface area contributed by atoms with Gasteiger partial charge in [-0.25, -0.2) is 0 Å². The number of nitrogens with one attached hydrogen (secondary N) is 1. The second-order valence-electron chi connectivity index (χ2n) is 5.96. The van der Waals surface area contributed by atoms with Crippen LogP contribution in [0.15, 0.2) is 22.6 Å². The molecule has 2 aromatic rings. The highest BCUT2D eigenvalue weighted by Crippen LogP contribution is 2.23. The summed E-state index contributed by atoms with van der Waals surface area (Å²) in [4.78, 5) is 12.2. The first-order valence-corrected chi connectivity index (χ1v) is 7.95. The SMILES string of the molecule is CCCC(CCO)CNC(=O)c1cc2cc(C)c(C)cc2o1. The number of amides is 1. The highest BCUT2D eigenvalue weighted by Gasteiger charge is 2.15. The van der Waals surface area contributed by atoms with Crippen LogP contribution < -0.4 is 5.32 Å². The third-order valence-electron chi connectivity index (χ3n) is 4.14. The van der Waals surface area contributed by atoms with Crippen LogP contribution in [0.3, 0.4) is 0 Å². The topological polar surface area (TPSA) is 62.5 Å². The van der Waals surface area contributed by atoms with E-state index in [-0.39, 0.29) is 12.5 Å². The molecule has 1 heterocycles. The fourth-order valence-electron chi connectivity index (χ4n) is 2.68. The summed E-state index contributed by atoms with van der Waals surface area (Å²) in [7, 11) is 0. The number of rotatable bonds is 7. The number of carbonyl (C=O) groups excluding carboxylic acids is 1. The molecule has 1 unspecified atom stereocenters. The van der Waals surface area contributed by atoms with Gasteiger partial charge in [-0.05, 0) is 61.9 Å². The molecule has 0 saturated carbocycles. The average Bonchev–Trinajstić information content (AvgIpc) is 2.88. The Morgan fingerprint density at radius 3 is 2.64 bits per heavy atom. The van der Waals surface area contributed by atoms with E-state index in [2.05, 4.69) is 12.2 Å². The van der Waals surface area contributed by atoms with E-state index >= 15 is 0 Å². The summed E-state index contributed by atoms with van der Waals surface area (Å²) in [5.74, 6) is 0.470. The van der Waals surface area contributed by atoms with E-state index in [0.717, 1.165) is 29.4 Å². The van der Waals surface area contributed by atoms with Gasteiger partial charge in [0.1, 0.15) is 5.58 Å². The second kappa shape index (κ2) is 7.45. The maximum absolute atomic E-state index is 12.2. The Bertz CT molecular complexity index is 600. The van der Waals surface area contributed by atoms with E-state index in [1.165, 1.54) is 5.56 Å². The predicted molar refractivity (Wildman–Crippen MR) is 88.1 cm³/mol. The number of aliphatic hydroxyl groups is 1. The Hall–Kier alpha value is -1.81. The molecule has 0 bridgehead atoms. The van der Waals surface area contributed by atoms with Crippen molar-refractivity contribution in [2.24, 2.45) is 5.92 Å². The van der Waals surface area contributed by atoms with Crippen molar-refractivity contribution >= 4 is 16.9 Å². The monoisotopic (exact) mass is 303 g/mol. The lowest BCUT2D eigenvalue weighted by atomic mass is 10.0. The first kappa shape index (κ1) is 16.6. The maximum atomic E-state index is 12.2. The lowest BCUT2D eigenvalue weighted by Gasteiger charge is -2.14. The smallest absolute Gasteiger partial charge is 0.287 e. The third-order valence-corrected chi connectivity index (χ3v) is 4.14. The van der Waals surface area contributed by atoms with Crippen molar-refractivity contribution in [3.63, 3.8) is 0 Å². The number of furan rings is 1. The highest BCUT2D eigenvalue weighted by atomic mass is 16.3. The van der Waals surface area contributed by atoms with Gasteiger partial charge >= 0.3 is 0 Å². The van der Waals surface area contributed by atoms with Crippen LogP contribution in [0.25, 0.3) is 11.0 Å². The van der Waals surface area contributed by atoms with Crippen LogP contribution in [0.1, 0.15) is 47.9 Å². The fraction of sp³-hybridized carbons (Fsp3) is 0.500. The summed E-state index contributed by atoms with van der Waals surface area (Å²) in [6.07, 6.45) is 2.76. The molecule has 1 atom stereocenters.